The maximum atomic E-state index is 12.4. The molecule has 24 heavy (non-hydrogen) atoms. The van der Waals surface area contributed by atoms with Gasteiger partial charge in [0, 0.05) is 19.1 Å². The molecule has 0 N–H and O–H groups in total. The number of hydrogen-bond acceptors (Lipinski definition) is 4. The summed E-state index contributed by atoms with van der Waals surface area (Å²) in [4.78, 5) is 16.6. The number of morpholine rings is 1. The lowest BCUT2D eigenvalue weighted by molar-refractivity contribution is -0.0616. The second-order valence-corrected chi connectivity index (χ2v) is 7.69. The van der Waals surface area contributed by atoms with Gasteiger partial charge < -0.3 is 14.4 Å². The van der Waals surface area contributed by atoms with Gasteiger partial charge in [-0.25, -0.2) is 4.79 Å². The van der Waals surface area contributed by atoms with Crippen molar-refractivity contribution in [2.45, 2.75) is 51.5 Å². The molecular weight excluding hydrogens is 304 g/mol. The number of rotatable bonds is 2. The van der Waals surface area contributed by atoms with Crippen molar-refractivity contribution in [2.24, 2.45) is 0 Å². The lowest BCUT2D eigenvalue weighted by atomic mass is 10.0. The Balaban J connectivity index is 1.70. The van der Waals surface area contributed by atoms with Gasteiger partial charge in [0.05, 0.1) is 25.3 Å². The molecule has 0 bridgehead atoms. The smallest absolute Gasteiger partial charge is 0.410 e. The lowest BCUT2D eigenvalue weighted by Gasteiger charge is -2.40. The summed E-state index contributed by atoms with van der Waals surface area (Å²) in [5.74, 6) is 0. The SMILES string of the molecule is CC(c1ccccc1)N1CCOC2CN(C(=O)OC(C)(C)C)CC21. The summed E-state index contributed by atoms with van der Waals surface area (Å²) >= 11 is 0. The minimum atomic E-state index is -0.470. The second-order valence-electron chi connectivity index (χ2n) is 7.69. The van der Waals surface area contributed by atoms with Crippen LogP contribution in [-0.2, 0) is 9.47 Å². The van der Waals surface area contributed by atoms with Gasteiger partial charge in [-0.3, -0.25) is 4.90 Å². The zero-order chi connectivity index (χ0) is 17.3. The zero-order valence-electron chi connectivity index (χ0n) is 15.1. The predicted molar refractivity (Wildman–Crippen MR) is 92.9 cm³/mol. The Labute approximate surface area is 144 Å². The summed E-state index contributed by atoms with van der Waals surface area (Å²) in [5, 5.41) is 0. The Bertz CT molecular complexity index is 570. The number of likely N-dealkylation sites (tertiary alicyclic amines) is 1. The fraction of sp³-hybridized carbons (Fsp3) is 0.632. The van der Waals surface area contributed by atoms with Gasteiger partial charge in [0.15, 0.2) is 0 Å². The van der Waals surface area contributed by atoms with E-state index in [1.165, 1.54) is 5.56 Å². The van der Waals surface area contributed by atoms with Crippen LogP contribution in [0.3, 0.4) is 0 Å². The summed E-state index contributed by atoms with van der Waals surface area (Å²) in [5.41, 5.74) is 0.830. The average Bonchev–Trinajstić information content (AvgIpc) is 2.97. The highest BCUT2D eigenvalue weighted by Gasteiger charge is 2.44. The molecule has 0 aromatic heterocycles. The number of ether oxygens (including phenoxy) is 2. The maximum Gasteiger partial charge on any atom is 0.410 e. The van der Waals surface area contributed by atoms with Crippen LogP contribution < -0.4 is 0 Å². The van der Waals surface area contributed by atoms with Crippen molar-refractivity contribution in [1.29, 1.82) is 0 Å². The first-order valence-electron chi connectivity index (χ1n) is 8.75. The lowest BCUT2D eigenvalue weighted by Crippen LogP contribution is -2.51. The summed E-state index contributed by atoms with van der Waals surface area (Å²) < 4.78 is 11.5. The van der Waals surface area contributed by atoms with Gasteiger partial charge >= 0.3 is 6.09 Å². The molecule has 3 atom stereocenters. The molecule has 2 fully saturated rings. The first kappa shape index (κ1) is 17.2. The topological polar surface area (TPSA) is 42.0 Å². The van der Waals surface area contributed by atoms with Crippen LogP contribution in [0, 0.1) is 0 Å². The molecule has 1 aromatic carbocycles. The molecule has 2 saturated heterocycles. The number of hydrogen-bond donors (Lipinski definition) is 0. The van der Waals surface area contributed by atoms with E-state index in [2.05, 4.69) is 36.1 Å². The third-order valence-corrected chi connectivity index (χ3v) is 4.78. The van der Waals surface area contributed by atoms with Crippen molar-refractivity contribution < 1.29 is 14.3 Å². The third-order valence-electron chi connectivity index (χ3n) is 4.78. The fourth-order valence-electron chi connectivity index (χ4n) is 3.59. The summed E-state index contributed by atoms with van der Waals surface area (Å²) in [7, 11) is 0. The predicted octanol–water partition coefficient (Wildman–Crippen LogP) is 3.07. The first-order chi connectivity index (χ1) is 11.3. The molecule has 2 aliphatic rings. The van der Waals surface area contributed by atoms with Gasteiger partial charge in [0.25, 0.3) is 0 Å². The molecule has 3 rings (SSSR count). The maximum absolute atomic E-state index is 12.4. The molecule has 0 saturated carbocycles. The van der Waals surface area contributed by atoms with E-state index in [0.29, 0.717) is 25.7 Å². The highest BCUT2D eigenvalue weighted by atomic mass is 16.6. The highest BCUT2D eigenvalue weighted by Crippen LogP contribution is 2.31. The van der Waals surface area contributed by atoms with Gasteiger partial charge in [-0.15, -0.1) is 0 Å². The Hall–Kier alpha value is -1.59. The molecule has 132 valence electrons. The van der Waals surface area contributed by atoms with Crippen molar-refractivity contribution in [3.63, 3.8) is 0 Å². The minimum Gasteiger partial charge on any atom is -0.444 e. The van der Waals surface area contributed by atoms with E-state index in [9.17, 15) is 4.79 Å². The van der Waals surface area contributed by atoms with E-state index < -0.39 is 5.60 Å². The Morgan fingerprint density at radius 1 is 1.25 bits per heavy atom. The van der Waals surface area contributed by atoms with Crippen molar-refractivity contribution in [3.05, 3.63) is 35.9 Å². The van der Waals surface area contributed by atoms with E-state index in [-0.39, 0.29) is 18.2 Å². The zero-order valence-corrected chi connectivity index (χ0v) is 15.1. The Morgan fingerprint density at radius 3 is 2.62 bits per heavy atom. The molecule has 5 heteroatoms. The number of benzene rings is 1. The van der Waals surface area contributed by atoms with Crippen LogP contribution in [0.4, 0.5) is 4.79 Å². The number of nitrogens with zero attached hydrogens (tertiary/aromatic N) is 2. The van der Waals surface area contributed by atoms with Crippen LogP contribution in [0.5, 0.6) is 0 Å². The fourth-order valence-corrected chi connectivity index (χ4v) is 3.59. The number of amides is 1. The van der Waals surface area contributed by atoms with E-state index in [1.54, 1.807) is 4.90 Å². The van der Waals surface area contributed by atoms with Crippen molar-refractivity contribution in [2.75, 3.05) is 26.2 Å². The largest absolute Gasteiger partial charge is 0.444 e. The molecule has 1 amide bonds. The molecule has 3 unspecified atom stereocenters. The van der Waals surface area contributed by atoms with Gasteiger partial charge in [0.2, 0.25) is 0 Å². The molecule has 0 aliphatic carbocycles. The first-order valence-corrected chi connectivity index (χ1v) is 8.75. The van der Waals surface area contributed by atoms with Crippen LogP contribution in [0.15, 0.2) is 30.3 Å². The van der Waals surface area contributed by atoms with Gasteiger partial charge in [0.1, 0.15) is 5.60 Å². The normalized spacial score (nSPS) is 26.1. The summed E-state index contributed by atoms with van der Waals surface area (Å²) in [6, 6.07) is 11.0. The molecule has 0 spiro atoms. The standard InChI is InChI=1S/C19H28N2O3/c1-14(15-8-6-5-7-9-15)21-10-11-23-17-13-20(12-16(17)21)18(22)24-19(2,3)4/h5-9,14,16-17H,10-13H2,1-4H3. The van der Waals surface area contributed by atoms with Crippen LogP contribution in [-0.4, -0.2) is 59.9 Å². The minimum absolute atomic E-state index is 0.0671. The van der Waals surface area contributed by atoms with E-state index in [4.69, 9.17) is 9.47 Å². The molecule has 2 aliphatic heterocycles. The Morgan fingerprint density at radius 2 is 1.96 bits per heavy atom. The van der Waals surface area contributed by atoms with Crippen molar-refractivity contribution in [3.8, 4) is 0 Å². The second kappa shape index (κ2) is 6.73. The summed E-state index contributed by atoms with van der Waals surface area (Å²) in [6.07, 6.45) is -0.176. The van der Waals surface area contributed by atoms with E-state index in [0.717, 1.165) is 6.54 Å². The summed E-state index contributed by atoms with van der Waals surface area (Å²) in [6.45, 7) is 10.8. The quantitative estimate of drug-likeness (QED) is 0.835. The van der Waals surface area contributed by atoms with Crippen LogP contribution >= 0.6 is 0 Å². The van der Waals surface area contributed by atoms with Crippen molar-refractivity contribution in [1.82, 2.24) is 9.80 Å². The molecule has 5 nitrogen and oxygen atoms in total. The van der Waals surface area contributed by atoms with Gasteiger partial charge in [-0.05, 0) is 33.3 Å². The monoisotopic (exact) mass is 332 g/mol. The third kappa shape index (κ3) is 3.73. The molecule has 0 radical (unpaired) electrons. The highest BCUT2D eigenvalue weighted by molar-refractivity contribution is 5.68. The number of fused-ring (bicyclic) bond motifs is 1. The Kier molecular flexibility index (Phi) is 4.83. The van der Waals surface area contributed by atoms with Crippen LogP contribution in [0.2, 0.25) is 0 Å². The average molecular weight is 332 g/mol. The molecule has 2 heterocycles. The molecule has 1 aromatic rings. The van der Waals surface area contributed by atoms with Gasteiger partial charge in [-0.1, -0.05) is 30.3 Å². The van der Waals surface area contributed by atoms with Crippen molar-refractivity contribution >= 4 is 6.09 Å². The van der Waals surface area contributed by atoms with Crippen LogP contribution in [0.25, 0.3) is 0 Å². The number of carbonyl (C=O) groups is 1. The van der Waals surface area contributed by atoms with E-state index in [1.807, 2.05) is 26.8 Å². The van der Waals surface area contributed by atoms with E-state index >= 15 is 0 Å². The molecular formula is C19H28N2O3. The van der Waals surface area contributed by atoms with Crippen LogP contribution in [0.1, 0.15) is 39.3 Å². The van der Waals surface area contributed by atoms with Gasteiger partial charge in [-0.2, -0.15) is 0 Å². The number of carbonyl (C=O) groups excluding carboxylic acids is 1.